The molecule has 0 amide bonds. The summed E-state index contributed by atoms with van der Waals surface area (Å²) in [6, 6.07) is 16.1. The summed E-state index contributed by atoms with van der Waals surface area (Å²) in [4.78, 5) is 0.0905. The molecule has 134 valence electrons. The maximum atomic E-state index is 14.7. The molecular weight excluding hydrogens is 393 g/mol. The van der Waals surface area contributed by atoms with Crippen LogP contribution in [-0.4, -0.2) is 8.42 Å². The third-order valence-corrected chi connectivity index (χ3v) is 6.12. The Hall–Kier alpha value is -2.02. The predicted octanol–water partition coefficient (Wildman–Crippen LogP) is 5.54. The molecule has 3 rings (SSSR count). The molecule has 3 aromatic carbocycles. The monoisotopic (exact) mass is 407 g/mol. The van der Waals surface area contributed by atoms with Gasteiger partial charge in [0.25, 0.3) is 10.0 Å². The Kier molecular flexibility index (Phi) is 5.27. The van der Waals surface area contributed by atoms with E-state index in [9.17, 15) is 12.8 Å². The molecule has 0 aromatic heterocycles. The maximum Gasteiger partial charge on any atom is 0.261 e. The van der Waals surface area contributed by atoms with Gasteiger partial charge in [-0.3, -0.25) is 4.72 Å². The Morgan fingerprint density at radius 2 is 1.73 bits per heavy atom. The largest absolute Gasteiger partial charge is 0.277 e. The van der Waals surface area contributed by atoms with Crippen LogP contribution in [0.2, 0.25) is 5.02 Å². The summed E-state index contributed by atoms with van der Waals surface area (Å²) >= 11 is 10.4. The summed E-state index contributed by atoms with van der Waals surface area (Å²) < 4.78 is 41.8. The SMILES string of the molecule is Cc1ccc(-c2ccc(NS(=O)(=O)c3ccccc3)c(F)c2S)cc1Cl. The van der Waals surface area contributed by atoms with E-state index in [0.717, 1.165) is 5.56 Å². The van der Waals surface area contributed by atoms with E-state index in [0.29, 0.717) is 16.1 Å². The van der Waals surface area contributed by atoms with Gasteiger partial charge in [-0.2, -0.15) is 0 Å². The van der Waals surface area contributed by atoms with Crippen LogP contribution < -0.4 is 4.72 Å². The summed E-state index contributed by atoms with van der Waals surface area (Å²) in [7, 11) is -3.89. The number of aryl methyl sites for hydroxylation is 1. The van der Waals surface area contributed by atoms with Crippen molar-refractivity contribution in [1.29, 1.82) is 0 Å². The van der Waals surface area contributed by atoms with Crippen molar-refractivity contribution in [1.82, 2.24) is 0 Å². The molecule has 0 aliphatic carbocycles. The normalized spacial score (nSPS) is 11.4. The van der Waals surface area contributed by atoms with Gasteiger partial charge in [-0.1, -0.05) is 48.0 Å². The van der Waals surface area contributed by atoms with Crippen LogP contribution in [0.1, 0.15) is 5.56 Å². The van der Waals surface area contributed by atoms with E-state index in [-0.39, 0.29) is 15.5 Å². The zero-order valence-corrected chi connectivity index (χ0v) is 16.2. The van der Waals surface area contributed by atoms with Crippen molar-refractivity contribution in [2.24, 2.45) is 0 Å². The Morgan fingerprint density at radius 1 is 1.04 bits per heavy atom. The van der Waals surface area contributed by atoms with Crippen LogP contribution in [-0.2, 0) is 10.0 Å². The highest BCUT2D eigenvalue weighted by Crippen LogP contribution is 2.35. The fourth-order valence-electron chi connectivity index (χ4n) is 2.44. The molecule has 0 bridgehead atoms. The summed E-state index contributed by atoms with van der Waals surface area (Å²) in [5, 5.41) is 0.560. The van der Waals surface area contributed by atoms with Crippen molar-refractivity contribution in [3.8, 4) is 11.1 Å². The second-order valence-electron chi connectivity index (χ2n) is 5.71. The van der Waals surface area contributed by atoms with Crippen LogP contribution in [0, 0.1) is 12.7 Å². The van der Waals surface area contributed by atoms with Crippen molar-refractivity contribution in [2.45, 2.75) is 16.7 Å². The number of rotatable bonds is 4. The van der Waals surface area contributed by atoms with Crippen molar-refractivity contribution in [3.63, 3.8) is 0 Å². The molecule has 26 heavy (non-hydrogen) atoms. The lowest BCUT2D eigenvalue weighted by molar-refractivity contribution is 0.594. The van der Waals surface area contributed by atoms with Gasteiger partial charge in [0.05, 0.1) is 10.6 Å². The van der Waals surface area contributed by atoms with Crippen LogP contribution in [0.5, 0.6) is 0 Å². The fraction of sp³-hybridized carbons (Fsp3) is 0.0526. The van der Waals surface area contributed by atoms with Gasteiger partial charge in [-0.25, -0.2) is 12.8 Å². The third kappa shape index (κ3) is 3.72. The van der Waals surface area contributed by atoms with Crippen molar-refractivity contribution in [3.05, 3.63) is 77.1 Å². The first kappa shape index (κ1) is 18.8. The van der Waals surface area contributed by atoms with Crippen molar-refractivity contribution >= 4 is 39.9 Å². The molecule has 0 heterocycles. The van der Waals surface area contributed by atoms with Crippen molar-refractivity contribution < 1.29 is 12.8 Å². The zero-order chi connectivity index (χ0) is 18.9. The van der Waals surface area contributed by atoms with E-state index in [1.54, 1.807) is 30.3 Å². The summed E-state index contributed by atoms with van der Waals surface area (Å²) in [6.07, 6.45) is 0. The van der Waals surface area contributed by atoms with E-state index < -0.39 is 15.8 Å². The maximum absolute atomic E-state index is 14.7. The van der Waals surface area contributed by atoms with Crippen LogP contribution in [0.4, 0.5) is 10.1 Å². The van der Waals surface area contributed by atoms with Crippen molar-refractivity contribution in [2.75, 3.05) is 4.72 Å². The highest BCUT2D eigenvalue weighted by molar-refractivity contribution is 7.92. The highest BCUT2D eigenvalue weighted by Gasteiger charge is 2.19. The zero-order valence-electron chi connectivity index (χ0n) is 13.7. The number of sulfonamides is 1. The lowest BCUT2D eigenvalue weighted by Crippen LogP contribution is -2.14. The smallest absolute Gasteiger partial charge is 0.261 e. The van der Waals surface area contributed by atoms with Gasteiger partial charge in [0.1, 0.15) is 0 Å². The third-order valence-electron chi connectivity index (χ3n) is 3.90. The molecule has 0 aliphatic heterocycles. The van der Waals surface area contributed by atoms with E-state index in [1.165, 1.54) is 18.2 Å². The first-order chi connectivity index (χ1) is 12.3. The number of hydrogen-bond acceptors (Lipinski definition) is 3. The minimum absolute atomic E-state index is 0.0400. The van der Waals surface area contributed by atoms with Gasteiger partial charge >= 0.3 is 0 Å². The van der Waals surface area contributed by atoms with Gasteiger partial charge in [0.15, 0.2) is 5.82 Å². The molecule has 0 radical (unpaired) electrons. The Bertz CT molecular complexity index is 1070. The summed E-state index contributed by atoms with van der Waals surface area (Å²) in [5.41, 5.74) is 1.96. The van der Waals surface area contributed by atoms with Crippen LogP contribution in [0.15, 0.2) is 70.5 Å². The number of hydrogen-bond donors (Lipinski definition) is 2. The molecular formula is C19H15ClFNO2S2. The van der Waals surface area contributed by atoms with Gasteiger partial charge < -0.3 is 0 Å². The number of anilines is 1. The number of benzene rings is 3. The molecule has 0 saturated carbocycles. The highest BCUT2D eigenvalue weighted by atomic mass is 35.5. The van der Waals surface area contributed by atoms with Crippen LogP contribution in [0.25, 0.3) is 11.1 Å². The molecule has 7 heteroatoms. The molecule has 0 spiro atoms. The molecule has 1 N–H and O–H groups in total. The summed E-state index contributed by atoms with van der Waals surface area (Å²) in [6.45, 7) is 1.87. The average Bonchev–Trinajstić information content (AvgIpc) is 2.62. The molecule has 0 atom stereocenters. The van der Waals surface area contributed by atoms with Crippen LogP contribution in [0.3, 0.4) is 0 Å². The predicted molar refractivity (Wildman–Crippen MR) is 106 cm³/mol. The average molecular weight is 408 g/mol. The lowest BCUT2D eigenvalue weighted by atomic mass is 10.0. The molecule has 3 nitrogen and oxygen atoms in total. The lowest BCUT2D eigenvalue weighted by Gasteiger charge is -2.13. The minimum atomic E-state index is -3.89. The molecule has 0 unspecified atom stereocenters. The van der Waals surface area contributed by atoms with Gasteiger partial charge in [0, 0.05) is 9.92 Å². The topological polar surface area (TPSA) is 46.2 Å². The van der Waals surface area contributed by atoms with E-state index in [2.05, 4.69) is 17.4 Å². The van der Waals surface area contributed by atoms with E-state index >= 15 is 0 Å². The summed E-state index contributed by atoms with van der Waals surface area (Å²) in [5.74, 6) is -0.748. The van der Waals surface area contributed by atoms with Gasteiger partial charge in [-0.15, -0.1) is 12.6 Å². The van der Waals surface area contributed by atoms with Gasteiger partial charge in [-0.05, 0) is 47.9 Å². The standard InChI is InChI=1S/C19H15ClFNO2S2/c1-12-7-8-13(11-16(12)20)15-9-10-17(18(21)19(15)25)22-26(23,24)14-5-3-2-4-6-14/h2-11,22,25H,1H3. The fourth-order valence-corrected chi connectivity index (χ4v) is 4.03. The van der Waals surface area contributed by atoms with Gasteiger partial charge in [0.2, 0.25) is 0 Å². The molecule has 0 saturated heterocycles. The first-order valence-corrected chi connectivity index (χ1v) is 9.96. The number of nitrogens with one attached hydrogen (secondary N) is 1. The quantitative estimate of drug-likeness (QED) is 0.557. The first-order valence-electron chi connectivity index (χ1n) is 7.65. The van der Waals surface area contributed by atoms with E-state index in [1.807, 2.05) is 19.1 Å². The second-order valence-corrected chi connectivity index (χ2v) is 8.24. The van der Waals surface area contributed by atoms with E-state index in [4.69, 9.17) is 11.6 Å². The van der Waals surface area contributed by atoms with Crippen LogP contribution >= 0.6 is 24.2 Å². The minimum Gasteiger partial charge on any atom is -0.277 e. The molecule has 0 aliphatic rings. The Labute approximate surface area is 162 Å². The molecule has 0 fully saturated rings. The Morgan fingerprint density at radius 3 is 2.38 bits per heavy atom. The second kappa shape index (κ2) is 7.31. The number of thiol groups is 1. The molecule has 3 aromatic rings. The Balaban J connectivity index is 1.99. The number of halogens is 2.